The molecular weight excluding hydrogens is 332 g/mol. The SMILES string of the molecule is Cc1cccc(Oc2nc(-c3ccccn3)nc3c2CCC3)c1[N+](=O)[O-]. The first-order valence-electron chi connectivity index (χ1n) is 8.36. The van der Waals surface area contributed by atoms with E-state index in [1.165, 1.54) is 0 Å². The molecule has 0 atom stereocenters. The monoisotopic (exact) mass is 348 g/mol. The molecule has 2 heterocycles. The molecule has 1 aliphatic rings. The molecule has 0 spiro atoms. The fourth-order valence-corrected chi connectivity index (χ4v) is 3.14. The number of ether oxygens (including phenoxy) is 1. The van der Waals surface area contributed by atoms with E-state index in [9.17, 15) is 10.1 Å². The molecule has 0 N–H and O–H groups in total. The van der Waals surface area contributed by atoms with Crippen LogP contribution in [0.4, 0.5) is 5.69 Å². The molecule has 0 amide bonds. The summed E-state index contributed by atoms with van der Waals surface area (Å²) in [6.07, 6.45) is 4.27. The van der Waals surface area contributed by atoms with Gasteiger partial charge in [-0.05, 0) is 44.4 Å². The molecule has 0 saturated heterocycles. The molecule has 1 aromatic carbocycles. The molecule has 0 bridgehead atoms. The minimum atomic E-state index is -0.425. The third-order valence-electron chi connectivity index (χ3n) is 4.38. The number of pyridine rings is 1. The molecule has 0 radical (unpaired) electrons. The third kappa shape index (κ3) is 2.88. The van der Waals surface area contributed by atoms with E-state index >= 15 is 0 Å². The third-order valence-corrected chi connectivity index (χ3v) is 4.38. The summed E-state index contributed by atoms with van der Waals surface area (Å²) in [5, 5.41) is 11.4. The first-order chi connectivity index (χ1) is 12.6. The zero-order valence-corrected chi connectivity index (χ0v) is 14.2. The number of para-hydroxylation sites is 1. The van der Waals surface area contributed by atoms with Gasteiger partial charge in [-0.1, -0.05) is 18.2 Å². The summed E-state index contributed by atoms with van der Waals surface area (Å²) < 4.78 is 5.94. The van der Waals surface area contributed by atoms with Gasteiger partial charge < -0.3 is 4.74 Å². The van der Waals surface area contributed by atoms with Crippen LogP contribution >= 0.6 is 0 Å². The molecule has 1 aliphatic carbocycles. The Morgan fingerprint density at radius 2 is 2.00 bits per heavy atom. The lowest BCUT2D eigenvalue weighted by atomic mass is 10.2. The molecular formula is C19H16N4O3. The van der Waals surface area contributed by atoms with Crippen molar-refractivity contribution in [2.45, 2.75) is 26.2 Å². The largest absolute Gasteiger partial charge is 0.431 e. The van der Waals surface area contributed by atoms with E-state index in [4.69, 9.17) is 4.74 Å². The molecule has 130 valence electrons. The predicted molar refractivity (Wildman–Crippen MR) is 95.2 cm³/mol. The van der Waals surface area contributed by atoms with E-state index in [1.54, 1.807) is 31.3 Å². The Labute approximate surface area is 149 Å². The van der Waals surface area contributed by atoms with Crippen molar-refractivity contribution < 1.29 is 9.66 Å². The van der Waals surface area contributed by atoms with Crippen molar-refractivity contribution in [1.82, 2.24) is 15.0 Å². The van der Waals surface area contributed by atoms with E-state index in [1.807, 2.05) is 18.2 Å². The van der Waals surface area contributed by atoms with Crippen molar-refractivity contribution in [3.05, 3.63) is 69.5 Å². The smallest absolute Gasteiger partial charge is 0.314 e. The lowest BCUT2D eigenvalue weighted by Crippen LogP contribution is -2.03. The minimum absolute atomic E-state index is 0.0442. The Hall–Kier alpha value is -3.35. The first kappa shape index (κ1) is 16.1. The van der Waals surface area contributed by atoms with Gasteiger partial charge in [0, 0.05) is 17.3 Å². The van der Waals surface area contributed by atoms with Gasteiger partial charge in [-0.15, -0.1) is 0 Å². The zero-order chi connectivity index (χ0) is 18.1. The van der Waals surface area contributed by atoms with Crippen molar-refractivity contribution in [2.24, 2.45) is 0 Å². The normalized spacial score (nSPS) is 12.7. The summed E-state index contributed by atoms with van der Waals surface area (Å²) >= 11 is 0. The standard InChI is InChI=1S/C19H16N4O3/c1-12-6-4-10-16(17(12)23(24)25)26-19-13-7-5-9-14(13)21-18(22-19)15-8-2-3-11-20-15/h2-4,6,8,10-11H,5,7,9H2,1H3. The number of rotatable bonds is 4. The highest BCUT2D eigenvalue weighted by Gasteiger charge is 2.25. The minimum Gasteiger partial charge on any atom is -0.431 e. The van der Waals surface area contributed by atoms with Crippen LogP contribution in [-0.4, -0.2) is 19.9 Å². The van der Waals surface area contributed by atoms with Crippen LogP contribution in [0.5, 0.6) is 11.6 Å². The Bertz CT molecular complexity index is 990. The fourth-order valence-electron chi connectivity index (χ4n) is 3.14. The average molecular weight is 348 g/mol. The van der Waals surface area contributed by atoms with Crippen LogP contribution in [0.1, 0.15) is 23.2 Å². The number of aromatic nitrogens is 3. The van der Waals surface area contributed by atoms with Crippen LogP contribution in [0.2, 0.25) is 0 Å². The van der Waals surface area contributed by atoms with Crippen LogP contribution in [0, 0.1) is 17.0 Å². The second-order valence-electron chi connectivity index (χ2n) is 6.13. The average Bonchev–Trinajstić information content (AvgIpc) is 3.11. The first-order valence-corrected chi connectivity index (χ1v) is 8.36. The number of benzene rings is 1. The number of nitro groups is 1. The van der Waals surface area contributed by atoms with Gasteiger partial charge in [0.1, 0.15) is 5.69 Å². The molecule has 0 saturated carbocycles. The molecule has 0 fully saturated rings. The van der Waals surface area contributed by atoms with Crippen molar-refractivity contribution in [3.63, 3.8) is 0 Å². The summed E-state index contributed by atoms with van der Waals surface area (Å²) in [7, 11) is 0. The van der Waals surface area contributed by atoms with Crippen LogP contribution in [-0.2, 0) is 12.8 Å². The van der Waals surface area contributed by atoms with Gasteiger partial charge in [-0.2, -0.15) is 4.98 Å². The Balaban J connectivity index is 1.82. The zero-order valence-electron chi connectivity index (χ0n) is 14.2. The van der Waals surface area contributed by atoms with Crippen molar-refractivity contribution in [2.75, 3.05) is 0 Å². The van der Waals surface area contributed by atoms with Crippen LogP contribution < -0.4 is 4.74 Å². The van der Waals surface area contributed by atoms with Gasteiger partial charge in [0.25, 0.3) is 0 Å². The summed E-state index contributed by atoms with van der Waals surface area (Å²) in [5.41, 5.74) is 2.98. The predicted octanol–water partition coefficient (Wildman–Crippen LogP) is 4.04. The van der Waals surface area contributed by atoms with E-state index in [0.29, 0.717) is 23.0 Å². The second-order valence-corrected chi connectivity index (χ2v) is 6.13. The van der Waals surface area contributed by atoms with E-state index in [0.717, 1.165) is 30.5 Å². The molecule has 3 aromatic rings. The van der Waals surface area contributed by atoms with E-state index < -0.39 is 4.92 Å². The highest BCUT2D eigenvalue weighted by atomic mass is 16.6. The highest BCUT2D eigenvalue weighted by molar-refractivity contribution is 5.56. The molecule has 7 heteroatoms. The maximum Gasteiger partial charge on any atom is 0.314 e. The molecule has 2 aromatic heterocycles. The van der Waals surface area contributed by atoms with Gasteiger partial charge >= 0.3 is 5.69 Å². The van der Waals surface area contributed by atoms with Crippen molar-refractivity contribution in [1.29, 1.82) is 0 Å². The summed E-state index contributed by atoms with van der Waals surface area (Å²) in [6.45, 7) is 1.69. The lowest BCUT2D eigenvalue weighted by molar-refractivity contribution is -0.386. The van der Waals surface area contributed by atoms with Gasteiger partial charge in [-0.3, -0.25) is 15.1 Å². The lowest BCUT2D eigenvalue weighted by Gasteiger charge is -2.12. The van der Waals surface area contributed by atoms with E-state index in [2.05, 4.69) is 15.0 Å². The van der Waals surface area contributed by atoms with Gasteiger partial charge in [0.2, 0.25) is 11.6 Å². The van der Waals surface area contributed by atoms with Crippen LogP contribution in [0.3, 0.4) is 0 Å². The summed E-state index contributed by atoms with van der Waals surface area (Å²) in [5.74, 6) is 1.04. The maximum absolute atomic E-state index is 11.4. The Kier molecular flexibility index (Phi) is 4.04. The van der Waals surface area contributed by atoms with Crippen molar-refractivity contribution >= 4 is 5.69 Å². The molecule has 0 aliphatic heterocycles. The number of hydrogen-bond acceptors (Lipinski definition) is 6. The van der Waals surface area contributed by atoms with Crippen LogP contribution in [0.25, 0.3) is 11.5 Å². The Morgan fingerprint density at radius 1 is 1.12 bits per heavy atom. The molecule has 7 nitrogen and oxygen atoms in total. The molecule has 4 rings (SSSR count). The Morgan fingerprint density at radius 3 is 2.77 bits per heavy atom. The second kappa shape index (κ2) is 6.51. The number of aryl methyl sites for hydroxylation is 2. The quantitative estimate of drug-likeness (QED) is 0.522. The summed E-state index contributed by atoms with van der Waals surface area (Å²) in [6, 6.07) is 10.5. The summed E-state index contributed by atoms with van der Waals surface area (Å²) in [4.78, 5) is 24.4. The van der Waals surface area contributed by atoms with Crippen molar-refractivity contribution in [3.8, 4) is 23.1 Å². The number of hydrogen-bond donors (Lipinski definition) is 0. The van der Waals surface area contributed by atoms with Gasteiger partial charge in [-0.25, -0.2) is 4.98 Å². The number of nitro benzene ring substituents is 1. The van der Waals surface area contributed by atoms with E-state index in [-0.39, 0.29) is 11.4 Å². The molecule has 26 heavy (non-hydrogen) atoms. The highest BCUT2D eigenvalue weighted by Crippen LogP contribution is 2.37. The maximum atomic E-state index is 11.4. The van der Waals surface area contributed by atoms with Gasteiger partial charge in [0.15, 0.2) is 5.82 Å². The van der Waals surface area contributed by atoms with Crippen LogP contribution in [0.15, 0.2) is 42.6 Å². The van der Waals surface area contributed by atoms with Gasteiger partial charge in [0.05, 0.1) is 10.6 Å². The number of nitrogens with zero attached hydrogens (tertiary/aromatic N) is 4. The molecule has 0 unspecified atom stereocenters. The topological polar surface area (TPSA) is 91.0 Å². The fraction of sp³-hybridized carbons (Fsp3) is 0.211. The number of fused-ring (bicyclic) bond motifs is 1.